The molecule has 1 aromatic rings. The van der Waals surface area contributed by atoms with Gasteiger partial charge in [0.1, 0.15) is 5.82 Å². The maximum atomic E-state index is 12.9. The van der Waals surface area contributed by atoms with E-state index in [-0.39, 0.29) is 17.8 Å². The molecule has 20 heavy (non-hydrogen) atoms. The molecule has 1 saturated carbocycles. The maximum absolute atomic E-state index is 12.9. The van der Waals surface area contributed by atoms with Crippen LogP contribution in [-0.4, -0.2) is 29.9 Å². The Morgan fingerprint density at radius 2 is 1.90 bits per heavy atom. The van der Waals surface area contributed by atoms with E-state index in [1.54, 1.807) is 12.1 Å². The van der Waals surface area contributed by atoms with E-state index in [9.17, 15) is 9.18 Å². The van der Waals surface area contributed by atoms with Crippen LogP contribution in [0.15, 0.2) is 24.3 Å². The highest BCUT2D eigenvalue weighted by atomic mass is 19.1. The molecule has 2 fully saturated rings. The molecule has 0 aromatic heterocycles. The molecule has 0 bridgehead atoms. The first-order valence-electron chi connectivity index (χ1n) is 7.53. The number of likely N-dealkylation sites (tertiary alicyclic amines) is 1. The second-order valence-corrected chi connectivity index (χ2v) is 5.90. The lowest BCUT2D eigenvalue weighted by Gasteiger charge is -2.37. The highest BCUT2D eigenvalue weighted by molar-refractivity contribution is 5.79. The highest BCUT2D eigenvalue weighted by Crippen LogP contribution is 2.29. The Kier molecular flexibility index (Phi) is 3.90. The first-order valence-corrected chi connectivity index (χ1v) is 7.53. The Hall–Kier alpha value is -1.58. The van der Waals surface area contributed by atoms with Crippen LogP contribution in [0, 0.1) is 11.7 Å². The number of halogens is 1. The number of hydrogen-bond donors (Lipinski definition) is 1. The number of piperidine rings is 1. The molecular weight excluding hydrogens is 255 g/mol. The molecule has 108 valence electrons. The first kappa shape index (κ1) is 13.4. The number of rotatable bonds is 3. The Balaban J connectivity index is 1.57. The summed E-state index contributed by atoms with van der Waals surface area (Å²) in [6.07, 6.45) is 5.42. The smallest absolute Gasteiger partial charge is 0.225 e. The second-order valence-electron chi connectivity index (χ2n) is 5.90. The van der Waals surface area contributed by atoms with E-state index in [0.717, 1.165) is 44.5 Å². The van der Waals surface area contributed by atoms with Gasteiger partial charge >= 0.3 is 0 Å². The van der Waals surface area contributed by atoms with Crippen LogP contribution in [0.2, 0.25) is 0 Å². The summed E-state index contributed by atoms with van der Waals surface area (Å²) in [4.78, 5) is 14.3. The van der Waals surface area contributed by atoms with Crippen molar-refractivity contribution in [3.05, 3.63) is 30.1 Å². The Bertz CT molecular complexity index is 470. The van der Waals surface area contributed by atoms with E-state index < -0.39 is 0 Å². The van der Waals surface area contributed by atoms with Gasteiger partial charge in [0.2, 0.25) is 5.91 Å². The molecule has 1 aromatic carbocycles. The van der Waals surface area contributed by atoms with Crippen molar-refractivity contribution >= 4 is 11.6 Å². The van der Waals surface area contributed by atoms with Gasteiger partial charge in [-0.15, -0.1) is 0 Å². The average molecular weight is 276 g/mol. The SMILES string of the molecule is O=C(C1CCC1)N1CCCC(Nc2ccc(F)cc2)C1. The molecule has 1 aliphatic carbocycles. The van der Waals surface area contributed by atoms with Crippen molar-refractivity contribution in [2.24, 2.45) is 5.92 Å². The van der Waals surface area contributed by atoms with E-state index in [4.69, 9.17) is 0 Å². The molecule has 2 aliphatic rings. The van der Waals surface area contributed by atoms with Crippen molar-refractivity contribution < 1.29 is 9.18 Å². The molecular formula is C16H21FN2O. The van der Waals surface area contributed by atoms with Gasteiger partial charge < -0.3 is 10.2 Å². The quantitative estimate of drug-likeness (QED) is 0.920. The maximum Gasteiger partial charge on any atom is 0.225 e. The zero-order valence-electron chi connectivity index (χ0n) is 11.6. The standard InChI is InChI=1S/C16H21FN2O/c17-13-6-8-14(9-7-13)18-15-5-2-10-19(11-15)16(20)12-3-1-4-12/h6-9,12,15,18H,1-5,10-11H2. The van der Waals surface area contributed by atoms with Crippen LogP contribution in [0.25, 0.3) is 0 Å². The monoisotopic (exact) mass is 276 g/mol. The summed E-state index contributed by atoms with van der Waals surface area (Å²) in [6, 6.07) is 6.70. The Morgan fingerprint density at radius 1 is 1.15 bits per heavy atom. The number of amides is 1. The first-order chi connectivity index (χ1) is 9.72. The van der Waals surface area contributed by atoms with Crippen molar-refractivity contribution in [2.75, 3.05) is 18.4 Å². The lowest BCUT2D eigenvalue weighted by Crippen LogP contribution is -2.48. The molecule has 0 spiro atoms. The lowest BCUT2D eigenvalue weighted by molar-refractivity contribution is -0.139. The largest absolute Gasteiger partial charge is 0.381 e. The lowest BCUT2D eigenvalue weighted by atomic mass is 9.84. The van der Waals surface area contributed by atoms with Crippen molar-refractivity contribution in [1.82, 2.24) is 4.90 Å². The molecule has 3 nitrogen and oxygen atoms in total. The Labute approximate surface area is 119 Å². The summed E-state index contributed by atoms with van der Waals surface area (Å²) in [5.74, 6) is 0.391. The van der Waals surface area contributed by atoms with Gasteiger partial charge in [-0.2, -0.15) is 0 Å². The topological polar surface area (TPSA) is 32.3 Å². The third-order valence-corrected chi connectivity index (χ3v) is 4.40. The molecule has 1 N–H and O–H groups in total. The number of nitrogens with zero attached hydrogens (tertiary/aromatic N) is 1. The van der Waals surface area contributed by atoms with Crippen LogP contribution >= 0.6 is 0 Å². The minimum absolute atomic E-state index is 0.221. The molecule has 0 radical (unpaired) electrons. The van der Waals surface area contributed by atoms with Crippen LogP contribution in [0.3, 0.4) is 0 Å². The zero-order chi connectivity index (χ0) is 13.9. The van der Waals surface area contributed by atoms with Crippen molar-refractivity contribution in [3.63, 3.8) is 0 Å². The summed E-state index contributed by atoms with van der Waals surface area (Å²) in [5.41, 5.74) is 0.925. The number of anilines is 1. The predicted octanol–water partition coefficient (Wildman–Crippen LogP) is 3.03. The van der Waals surface area contributed by atoms with Gasteiger partial charge in [-0.25, -0.2) is 4.39 Å². The predicted molar refractivity (Wildman–Crippen MR) is 77.0 cm³/mol. The second kappa shape index (κ2) is 5.81. The minimum Gasteiger partial charge on any atom is -0.381 e. The fraction of sp³-hybridized carbons (Fsp3) is 0.562. The number of carbonyl (C=O) groups is 1. The van der Waals surface area contributed by atoms with E-state index in [0.29, 0.717) is 5.91 Å². The van der Waals surface area contributed by atoms with Crippen LogP contribution in [0.5, 0.6) is 0 Å². The van der Waals surface area contributed by atoms with Crippen LogP contribution in [-0.2, 0) is 4.79 Å². The molecule has 1 aliphatic heterocycles. The third-order valence-electron chi connectivity index (χ3n) is 4.40. The number of hydrogen-bond acceptors (Lipinski definition) is 2. The van der Waals surface area contributed by atoms with Gasteiger partial charge in [-0.3, -0.25) is 4.79 Å². The summed E-state index contributed by atoms with van der Waals surface area (Å²) in [6.45, 7) is 1.66. The van der Waals surface area contributed by atoms with E-state index in [1.165, 1.54) is 18.6 Å². The van der Waals surface area contributed by atoms with Crippen molar-refractivity contribution in [2.45, 2.75) is 38.1 Å². The summed E-state index contributed by atoms with van der Waals surface area (Å²) >= 11 is 0. The number of benzene rings is 1. The summed E-state index contributed by atoms with van der Waals surface area (Å²) in [7, 11) is 0. The van der Waals surface area contributed by atoms with Gasteiger partial charge in [-0.05, 0) is 49.9 Å². The van der Waals surface area contributed by atoms with E-state index in [1.807, 2.05) is 4.90 Å². The minimum atomic E-state index is -0.221. The van der Waals surface area contributed by atoms with Gasteiger partial charge in [-0.1, -0.05) is 6.42 Å². The molecule has 1 heterocycles. The van der Waals surface area contributed by atoms with E-state index in [2.05, 4.69) is 5.32 Å². The highest BCUT2D eigenvalue weighted by Gasteiger charge is 2.32. The van der Waals surface area contributed by atoms with Gasteiger partial charge in [0, 0.05) is 30.7 Å². The Morgan fingerprint density at radius 3 is 2.55 bits per heavy atom. The third kappa shape index (κ3) is 2.94. The molecule has 1 amide bonds. The summed E-state index contributed by atoms with van der Waals surface area (Å²) < 4.78 is 12.9. The van der Waals surface area contributed by atoms with Gasteiger partial charge in [0.15, 0.2) is 0 Å². The normalized spacial score (nSPS) is 23.2. The summed E-state index contributed by atoms with van der Waals surface area (Å²) in [5, 5.41) is 3.41. The van der Waals surface area contributed by atoms with Gasteiger partial charge in [0.25, 0.3) is 0 Å². The van der Waals surface area contributed by atoms with Crippen molar-refractivity contribution in [1.29, 1.82) is 0 Å². The van der Waals surface area contributed by atoms with Crippen LogP contribution < -0.4 is 5.32 Å². The van der Waals surface area contributed by atoms with Crippen LogP contribution in [0.4, 0.5) is 10.1 Å². The average Bonchev–Trinajstić information content (AvgIpc) is 2.40. The van der Waals surface area contributed by atoms with Crippen LogP contribution in [0.1, 0.15) is 32.1 Å². The molecule has 3 rings (SSSR count). The molecule has 4 heteroatoms. The number of carbonyl (C=O) groups excluding carboxylic acids is 1. The fourth-order valence-corrected chi connectivity index (χ4v) is 2.99. The zero-order valence-corrected chi connectivity index (χ0v) is 11.6. The molecule has 1 atom stereocenters. The fourth-order valence-electron chi connectivity index (χ4n) is 2.99. The molecule has 1 saturated heterocycles. The van der Waals surface area contributed by atoms with Gasteiger partial charge in [0.05, 0.1) is 0 Å². The van der Waals surface area contributed by atoms with E-state index >= 15 is 0 Å². The number of nitrogens with one attached hydrogen (secondary N) is 1. The molecule has 1 unspecified atom stereocenters. The van der Waals surface area contributed by atoms with Crippen molar-refractivity contribution in [3.8, 4) is 0 Å².